The maximum Gasteiger partial charge on any atom is 0.301 e. The van der Waals surface area contributed by atoms with Crippen molar-refractivity contribution in [1.82, 2.24) is 4.98 Å². The molecule has 29 heavy (non-hydrogen) atoms. The number of aliphatic hydroxyl groups is 1. The summed E-state index contributed by atoms with van der Waals surface area (Å²) in [5.74, 6) is -1.30. The minimum atomic E-state index is -0.778. The van der Waals surface area contributed by atoms with E-state index in [4.69, 9.17) is 0 Å². The fraction of sp³-hybridized carbons (Fsp3) is 0.0870. The minimum Gasteiger partial charge on any atom is -0.507 e. The Morgan fingerprint density at radius 1 is 1.00 bits per heavy atom. The normalized spacial score (nSPS) is 18.3. The van der Waals surface area contributed by atoms with Crippen molar-refractivity contribution in [2.24, 2.45) is 0 Å². The number of Topliss-reactive ketones (excluding diaryl/α,β-unsaturated/α-hetero) is 1. The molecule has 1 fully saturated rings. The Morgan fingerprint density at radius 3 is 2.31 bits per heavy atom. The lowest BCUT2D eigenvalue weighted by atomic mass is 9.95. The molecule has 4 rings (SSSR count). The molecule has 0 bridgehead atoms. The van der Waals surface area contributed by atoms with Crippen LogP contribution >= 0.6 is 15.9 Å². The van der Waals surface area contributed by atoms with Gasteiger partial charge in [-0.25, -0.2) is 4.98 Å². The minimum absolute atomic E-state index is 0.0480. The molecule has 1 aliphatic heterocycles. The molecule has 5 nitrogen and oxygen atoms in total. The van der Waals surface area contributed by atoms with Crippen LogP contribution in [0.3, 0.4) is 0 Å². The summed E-state index contributed by atoms with van der Waals surface area (Å²) in [6.07, 6.45) is 1.56. The Bertz CT molecular complexity index is 1110. The van der Waals surface area contributed by atoms with Gasteiger partial charge in [-0.3, -0.25) is 14.5 Å². The van der Waals surface area contributed by atoms with E-state index in [1.807, 2.05) is 43.3 Å². The molecule has 0 spiro atoms. The smallest absolute Gasteiger partial charge is 0.301 e. The number of amides is 1. The predicted molar refractivity (Wildman–Crippen MR) is 114 cm³/mol. The average molecular weight is 449 g/mol. The van der Waals surface area contributed by atoms with Crippen LogP contribution in [0.25, 0.3) is 5.76 Å². The van der Waals surface area contributed by atoms with E-state index in [2.05, 4.69) is 20.9 Å². The molecular formula is C23H17BrN2O3. The van der Waals surface area contributed by atoms with Gasteiger partial charge in [-0.05, 0) is 36.8 Å². The molecule has 1 saturated heterocycles. The molecule has 0 aliphatic carbocycles. The summed E-state index contributed by atoms with van der Waals surface area (Å²) < 4.78 is 0.870. The number of anilines is 1. The number of hydrogen-bond donors (Lipinski definition) is 1. The van der Waals surface area contributed by atoms with Gasteiger partial charge in [0.25, 0.3) is 5.78 Å². The highest BCUT2D eigenvalue weighted by atomic mass is 79.9. The molecule has 0 saturated carbocycles. The number of rotatable bonds is 3. The van der Waals surface area contributed by atoms with Crippen molar-refractivity contribution in [3.63, 3.8) is 0 Å². The number of halogens is 1. The quantitative estimate of drug-likeness (QED) is 0.355. The molecule has 1 aliphatic rings. The second-order valence-electron chi connectivity index (χ2n) is 6.77. The number of aromatic nitrogens is 1. The van der Waals surface area contributed by atoms with Crippen molar-refractivity contribution < 1.29 is 14.7 Å². The van der Waals surface area contributed by atoms with E-state index in [-0.39, 0.29) is 11.3 Å². The molecular weight excluding hydrogens is 432 g/mol. The highest BCUT2D eigenvalue weighted by molar-refractivity contribution is 9.10. The first kappa shape index (κ1) is 19.1. The number of carbonyl (C=O) groups excluding carboxylic acids is 2. The Kier molecular flexibility index (Phi) is 5.03. The molecule has 0 radical (unpaired) electrons. The van der Waals surface area contributed by atoms with Gasteiger partial charge in [-0.2, -0.15) is 0 Å². The second-order valence-corrected chi connectivity index (χ2v) is 7.69. The van der Waals surface area contributed by atoms with Gasteiger partial charge >= 0.3 is 5.91 Å². The van der Waals surface area contributed by atoms with Gasteiger partial charge in [-0.1, -0.05) is 64.0 Å². The van der Waals surface area contributed by atoms with Crippen LogP contribution in [0.4, 0.5) is 5.82 Å². The van der Waals surface area contributed by atoms with E-state index in [1.165, 1.54) is 4.90 Å². The zero-order chi connectivity index (χ0) is 20.5. The summed E-state index contributed by atoms with van der Waals surface area (Å²) in [6.45, 7) is 1.94. The van der Waals surface area contributed by atoms with Gasteiger partial charge in [0.1, 0.15) is 11.6 Å². The summed E-state index contributed by atoms with van der Waals surface area (Å²) in [5.41, 5.74) is 2.26. The Balaban J connectivity index is 1.94. The maximum atomic E-state index is 13.0. The van der Waals surface area contributed by atoms with Crippen LogP contribution in [0.1, 0.15) is 22.7 Å². The number of benzene rings is 2. The molecule has 2 aromatic carbocycles. The van der Waals surface area contributed by atoms with E-state index in [9.17, 15) is 14.7 Å². The van der Waals surface area contributed by atoms with E-state index >= 15 is 0 Å². The summed E-state index contributed by atoms with van der Waals surface area (Å²) in [4.78, 5) is 31.5. The first-order chi connectivity index (χ1) is 14.0. The van der Waals surface area contributed by atoms with Crippen LogP contribution in [-0.4, -0.2) is 21.8 Å². The zero-order valence-electron chi connectivity index (χ0n) is 15.5. The van der Waals surface area contributed by atoms with E-state index < -0.39 is 17.7 Å². The molecule has 1 atom stereocenters. The van der Waals surface area contributed by atoms with Crippen LogP contribution in [0.5, 0.6) is 0 Å². The van der Waals surface area contributed by atoms with Crippen LogP contribution < -0.4 is 4.90 Å². The van der Waals surface area contributed by atoms with Crippen molar-refractivity contribution in [1.29, 1.82) is 0 Å². The van der Waals surface area contributed by atoms with Crippen LogP contribution in [0, 0.1) is 6.92 Å². The van der Waals surface area contributed by atoms with Gasteiger partial charge in [0.2, 0.25) is 0 Å². The molecule has 1 amide bonds. The Labute approximate surface area is 176 Å². The van der Waals surface area contributed by atoms with Gasteiger partial charge in [0, 0.05) is 16.2 Å². The molecule has 2 heterocycles. The average Bonchev–Trinajstić information content (AvgIpc) is 3.00. The van der Waals surface area contributed by atoms with Crippen LogP contribution in [0.2, 0.25) is 0 Å². The molecule has 6 heteroatoms. The number of carbonyl (C=O) groups is 2. The van der Waals surface area contributed by atoms with Crippen LogP contribution in [0.15, 0.2) is 83.0 Å². The Morgan fingerprint density at radius 2 is 1.69 bits per heavy atom. The van der Waals surface area contributed by atoms with Gasteiger partial charge in [0.15, 0.2) is 0 Å². The van der Waals surface area contributed by atoms with Crippen molar-refractivity contribution >= 4 is 39.2 Å². The summed E-state index contributed by atoms with van der Waals surface area (Å²) in [6, 6.07) is 18.8. The first-order valence-corrected chi connectivity index (χ1v) is 9.81. The standard InChI is InChI=1S/C23H17BrN2O3/c1-14-5-7-16(8-6-14)21(27)19-20(15-9-11-17(24)12-10-15)26(23(29)22(19)28)18-4-2-3-13-25-18/h2-13,20,27H,1H3/t20-/m0/s1. The molecule has 1 aromatic heterocycles. The maximum absolute atomic E-state index is 13.0. The number of nitrogens with zero attached hydrogens (tertiary/aromatic N) is 2. The number of hydrogen-bond acceptors (Lipinski definition) is 4. The third-order valence-electron chi connectivity index (χ3n) is 4.85. The first-order valence-electron chi connectivity index (χ1n) is 9.02. The zero-order valence-corrected chi connectivity index (χ0v) is 17.1. The monoisotopic (exact) mass is 448 g/mol. The highest BCUT2D eigenvalue weighted by Gasteiger charge is 2.47. The van der Waals surface area contributed by atoms with Gasteiger partial charge in [-0.15, -0.1) is 0 Å². The fourth-order valence-corrected chi connectivity index (χ4v) is 3.66. The topological polar surface area (TPSA) is 70.5 Å². The fourth-order valence-electron chi connectivity index (χ4n) is 3.39. The van der Waals surface area contributed by atoms with Gasteiger partial charge < -0.3 is 5.11 Å². The summed E-state index contributed by atoms with van der Waals surface area (Å²) in [5, 5.41) is 11.0. The molecule has 0 unspecified atom stereocenters. The number of aryl methyl sites for hydroxylation is 1. The SMILES string of the molecule is Cc1ccc(C(O)=C2C(=O)C(=O)N(c3ccccn3)[C@H]2c2ccc(Br)cc2)cc1. The van der Waals surface area contributed by atoms with Crippen molar-refractivity contribution in [2.45, 2.75) is 13.0 Å². The van der Waals surface area contributed by atoms with Crippen molar-refractivity contribution in [3.8, 4) is 0 Å². The largest absolute Gasteiger partial charge is 0.507 e. The van der Waals surface area contributed by atoms with Gasteiger partial charge in [0.05, 0.1) is 11.6 Å². The third-order valence-corrected chi connectivity index (χ3v) is 5.38. The molecule has 1 N–H and O–H groups in total. The lowest BCUT2D eigenvalue weighted by Gasteiger charge is -2.24. The third kappa shape index (κ3) is 3.47. The molecule has 144 valence electrons. The van der Waals surface area contributed by atoms with Crippen molar-refractivity contribution in [2.75, 3.05) is 4.90 Å². The van der Waals surface area contributed by atoms with Crippen LogP contribution in [-0.2, 0) is 9.59 Å². The number of ketones is 1. The summed E-state index contributed by atoms with van der Waals surface area (Å²) in [7, 11) is 0. The van der Waals surface area contributed by atoms with Crippen molar-refractivity contribution in [3.05, 3.63) is 99.7 Å². The summed E-state index contributed by atoms with van der Waals surface area (Å²) >= 11 is 3.40. The second kappa shape index (κ2) is 7.64. The highest BCUT2D eigenvalue weighted by Crippen LogP contribution is 2.41. The van der Waals surface area contributed by atoms with E-state index in [0.717, 1.165) is 10.0 Å². The number of aliphatic hydroxyl groups excluding tert-OH is 1. The van der Waals surface area contributed by atoms with E-state index in [1.54, 1.807) is 36.5 Å². The van der Waals surface area contributed by atoms with E-state index in [0.29, 0.717) is 16.9 Å². The lowest BCUT2D eigenvalue weighted by molar-refractivity contribution is -0.132. The Hall–Kier alpha value is -3.25. The lowest BCUT2D eigenvalue weighted by Crippen LogP contribution is -2.30. The molecule has 3 aromatic rings. The predicted octanol–water partition coefficient (Wildman–Crippen LogP) is 4.78. The number of pyridine rings is 1.